The molecule has 0 saturated heterocycles. The molecule has 2 N–H and O–H groups in total. The molecule has 1 atom stereocenters. The summed E-state index contributed by atoms with van der Waals surface area (Å²) in [5.74, 6) is -0.118. The minimum atomic E-state index is -3.65. The lowest BCUT2D eigenvalue weighted by atomic mass is 10.1. The van der Waals surface area contributed by atoms with E-state index in [-0.39, 0.29) is 23.6 Å². The molecule has 0 aliphatic rings. The smallest absolute Gasteiger partial charge is 0.240 e. The fourth-order valence-corrected chi connectivity index (χ4v) is 3.17. The third kappa shape index (κ3) is 4.72. The number of nitrogens with one attached hydrogen (secondary N) is 1. The molecule has 0 aliphatic carbocycles. The van der Waals surface area contributed by atoms with E-state index in [0.717, 1.165) is 5.56 Å². The van der Waals surface area contributed by atoms with Crippen LogP contribution in [0, 0.1) is 0 Å². The van der Waals surface area contributed by atoms with E-state index < -0.39 is 16.1 Å². The van der Waals surface area contributed by atoms with Gasteiger partial charge in [-0.05, 0) is 31.0 Å². The highest BCUT2D eigenvalue weighted by Crippen LogP contribution is 2.16. The number of Topliss-reactive ketones (excluding diaryl/α,β-unsaturated/α-hetero) is 1. The van der Waals surface area contributed by atoms with Gasteiger partial charge in [0, 0.05) is 12.1 Å². The van der Waals surface area contributed by atoms with Crippen molar-refractivity contribution in [1.29, 1.82) is 0 Å². The third-order valence-corrected chi connectivity index (χ3v) is 4.94. The normalized spacial score (nSPS) is 12.8. The lowest BCUT2D eigenvalue weighted by Gasteiger charge is -2.12. The van der Waals surface area contributed by atoms with Gasteiger partial charge in [-0.2, -0.15) is 0 Å². The molecule has 2 rings (SSSR count). The van der Waals surface area contributed by atoms with Gasteiger partial charge < -0.3 is 5.11 Å². The van der Waals surface area contributed by atoms with Gasteiger partial charge >= 0.3 is 0 Å². The number of sulfonamides is 1. The monoisotopic (exact) mass is 333 g/mol. The molecule has 122 valence electrons. The average molecular weight is 333 g/mol. The minimum absolute atomic E-state index is 0.0942. The quantitative estimate of drug-likeness (QED) is 0.762. The Balaban J connectivity index is 1.95. The molecule has 0 amide bonds. The van der Waals surface area contributed by atoms with Gasteiger partial charge in [-0.15, -0.1) is 0 Å². The molecule has 0 heterocycles. The zero-order valence-corrected chi connectivity index (χ0v) is 13.6. The molecule has 0 aliphatic heterocycles. The maximum absolute atomic E-state index is 12.2. The second-order valence-electron chi connectivity index (χ2n) is 5.19. The van der Waals surface area contributed by atoms with E-state index in [0.29, 0.717) is 5.56 Å². The Morgan fingerprint density at radius 1 is 1.09 bits per heavy atom. The van der Waals surface area contributed by atoms with Crippen LogP contribution in [0.2, 0.25) is 0 Å². The summed E-state index contributed by atoms with van der Waals surface area (Å²) in [7, 11) is -3.65. The predicted molar refractivity (Wildman–Crippen MR) is 87.7 cm³/mol. The number of rotatable bonds is 7. The van der Waals surface area contributed by atoms with Crippen LogP contribution in [0.3, 0.4) is 0 Å². The number of benzene rings is 2. The van der Waals surface area contributed by atoms with Crippen LogP contribution in [0.5, 0.6) is 0 Å². The van der Waals surface area contributed by atoms with Crippen LogP contribution in [-0.4, -0.2) is 25.9 Å². The summed E-state index contributed by atoms with van der Waals surface area (Å²) in [5, 5.41) is 10.0. The first kappa shape index (κ1) is 17.3. The van der Waals surface area contributed by atoms with Crippen LogP contribution in [0.4, 0.5) is 0 Å². The molecule has 5 nitrogen and oxygen atoms in total. The number of carbonyl (C=O) groups is 1. The number of hydrogen-bond donors (Lipinski definition) is 2. The Hall–Kier alpha value is -2.02. The largest absolute Gasteiger partial charge is 0.388 e. The molecule has 0 saturated carbocycles. The van der Waals surface area contributed by atoms with Gasteiger partial charge in [-0.1, -0.05) is 42.5 Å². The van der Waals surface area contributed by atoms with Crippen molar-refractivity contribution >= 4 is 15.8 Å². The van der Waals surface area contributed by atoms with Crippen molar-refractivity contribution < 1.29 is 18.3 Å². The van der Waals surface area contributed by atoms with Crippen LogP contribution in [0.15, 0.2) is 59.5 Å². The lowest BCUT2D eigenvalue weighted by molar-refractivity contribution is 0.101. The molecule has 0 unspecified atom stereocenters. The predicted octanol–water partition coefficient (Wildman–Crippen LogP) is 2.29. The Labute approximate surface area is 136 Å². The lowest BCUT2D eigenvalue weighted by Crippen LogP contribution is -2.26. The van der Waals surface area contributed by atoms with E-state index in [4.69, 9.17) is 0 Å². The van der Waals surface area contributed by atoms with Crippen molar-refractivity contribution in [2.45, 2.75) is 24.3 Å². The Morgan fingerprint density at radius 2 is 1.70 bits per heavy atom. The summed E-state index contributed by atoms with van der Waals surface area (Å²) < 4.78 is 26.8. The van der Waals surface area contributed by atoms with E-state index in [9.17, 15) is 18.3 Å². The highest BCUT2D eigenvalue weighted by atomic mass is 32.2. The summed E-state index contributed by atoms with van der Waals surface area (Å²) >= 11 is 0. The van der Waals surface area contributed by atoms with Crippen LogP contribution >= 0.6 is 0 Å². The molecule has 0 fully saturated rings. The van der Waals surface area contributed by atoms with Crippen LogP contribution < -0.4 is 4.72 Å². The molecule has 2 aromatic carbocycles. The fourth-order valence-electron chi connectivity index (χ4n) is 2.12. The molecule has 0 aromatic heterocycles. The maximum Gasteiger partial charge on any atom is 0.240 e. The highest BCUT2D eigenvalue weighted by Gasteiger charge is 2.15. The third-order valence-electron chi connectivity index (χ3n) is 3.47. The van der Waals surface area contributed by atoms with Crippen molar-refractivity contribution in [2.24, 2.45) is 0 Å². The van der Waals surface area contributed by atoms with Gasteiger partial charge in [0.05, 0.1) is 11.0 Å². The first-order valence-corrected chi connectivity index (χ1v) is 8.72. The zero-order chi connectivity index (χ0) is 16.9. The summed E-state index contributed by atoms with van der Waals surface area (Å²) in [5.41, 5.74) is 1.21. The number of aliphatic hydroxyl groups is 1. The van der Waals surface area contributed by atoms with Crippen molar-refractivity contribution in [3.8, 4) is 0 Å². The van der Waals surface area contributed by atoms with Crippen molar-refractivity contribution in [3.05, 3.63) is 65.7 Å². The number of aliphatic hydroxyl groups excluding tert-OH is 1. The van der Waals surface area contributed by atoms with Crippen molar-refractivity contribution in [1.82, 2.24) is 4.72 Å². The summed E-state index contributed by atoms with van der Waals surface area (Å²) in [6.07, 6.45) is -0.451. The summed E-state index contributed by atoms with van der Waals surface area (Å²) in [4.78, 5) is 11.3. The SMILES string of the molecule is CC(=O)c1ccc(S(=O)(=O)NCC[C@@H](O)c2ccccc2)cc1. The van der Waals surface area contributed by atoms with Gasteiger partial charge in [0.25, 0.3) is 0 Å². The molecule has 2 aromatic rings. The second kappa shape index (κ2) is 7.50. The average Bonchev–Trinajstić information content (AvgIpc) is 2.55. The standard InChI is InChI=1S/C17H19NO4S/c1-13(19)14-7-9-16(10-8-14)23(21,22)18-12-11-17(20)15-5-3-2-4-6-15/h2-10,17-18,20H,11-12H2,1H3/t17-/m1/s1. The number of carbonyl (C=O) groups excluding carboxylic acids is 1. The minimum Gasteiger partial charge on any atom is -0.388 e. The Morgan fingerprint density at radius 3 is 2.26 bits per heavy atom. The summed E-state index contributed by atoms with van der Waals surface area (Å²) in [6.45, 7) is 1.54. The van der Waals surface area contributed by atoms with Crippen LogP contribution in [0.25, 0.3) is 0 Å². The van der Waals surface area contributed by atoms with E-state index in [1.165, 1.54) is 31.2 Å². The van der Waals surface area contributed by atoms with E-state index in [1.54, 1.807) is 12.1 Å². The molecular formula is C17H19NO4S. The number of ketones is 1. The van der Waals surface area contributed by atoms with Crippen molar-refractivity contribution in [3.63, 3.8) is 0 Å². The van der Waals surface area contributed by atoms with Crippen LogP contribution in [0.1, 0.15) is 35.4 Å². The first-order valence-electron chi connectivity index (χ1n) is 7.24. The van der Waals surface area contributed by atoms with Crippen molar-refractivity contribution in [2.75, 3.05) is 6.54 Å². The van der Waals surface area contributed by atoms with Gasteiger partial charge in [0.2, 0.25) is 10.0 Å². The van der Waals surface area contributed by atoms with E-state index in [1.807, 2.05) is 18.2 Å². The van der Waals surface area contributed by atoms with Crippen LogP contribution in [-0.2, 0) is 10.0 Å². The molecule has 23 heavy (non-hydrogen) atoms. The molecule has 0 spiro atoms. The topological polar surface area (TPSA) is 83.5 Å². The molecule has 0 radical (unpaired) electrons. The van der Waals surface area contributed by atoms with Gasteiger partial charge in [0.15, 0.2) is 5.78 Å². The molecule has 6 heteroatoms. The van der Waals surface area contributed by atoms with E-state index >= 15 is 0 Å². The van der Waals surface area contributed by atoms with Gasteiger partial charge in [-0.25, -0.2) is 13.1 Å². The highest BCUT2D eigenvalue weighted by molar-refractivity contribution is 7.89. The summed E-state index contributed by atoms with van der Waals surface area (Å²) in [6, 6.07) is 14.8. The number of hydrogen-bond acceptors (Lipinski definition) is 4. The van der Waals surface area contributed by atoms with Gasteiger partial charge in [0.1, 0.15) is 0 Å². The molecule has 0 bridgehead atoms. The second-order valence-corrected chi connectivity index (χ2v) is 6.96. The Bertz CT molecular complexity index is 755. The molecular weight excluding hydrogens is 314 g/mol. The first-order chi connectivity index (χ1) is 10.9. The van der Waals surface area contributed by atoms with E-state index in [2.05, 4.69) is 4.72 Å². The fraction of sp³-hybridized carbons (Fsp3) is 0.235. The maximum atomic E-state index is 12.2. The Kier molecular flexibility index (Phi) is 5.65. The zero-order valence-electron chi connectivity index (χ0n) is 12.8. The van der Waals surface area contributed by atoms with Gasteiger partial charge in [-0.3, -0.25) is 4.79 Å².